The monoisotopic (exact) mass is 368 g/mol. The Morgan fingerprint density at radius 2 is 1.71 bits per heavy atom. The molecule has 0 unspecified atom stereocenters. The Morgan fingerprint density at radius 3 is 2.46 bits per heavy atom. The van der Waals surface area contributed by atoms with Crippen LogP contribution in [0.3, 0.4) is 0 Å². The summed E-state index contributed by atoms with van der Waals surface area (Å²) < 4.78 is 0. The predicted molar refractivity (Wildman–Crippen MR) is 111 cm³/mol. The number of hydrogen-bond acceptors (Lipinski definition) is 3. The summed E-state index contributed by atoms with van der Waals surface area (Å²) in [7, 11) is 0. The van der Waals surface area contributed by atoms with Crippen molar-refractivity contribution < 1.29 is 4.92 Å². The van der Waals surface area contributed by atoms with Gasteiger partial charge < -0.3 is 5.32 Å². The highest BCUT2D eigenvalue weighted by molar-refractivity contribution is 5.71. The molecule has 3 atom stereocenters. The molecule has 138 valence electrons. The fraction of sp³-hybridized carbons (Fsp3) is 0.167. The molecule has 4 nitrogen and oxygen atoms in total. The number of benzene rings is 3. The molecular formula is C24H20N2O2. The van der Waals surface area contributed by atoms with Crippen LogP contribution in [0, 0.1) is 16.0 Å². The molecule has 1 aliphatic carbocycles. The molecule has 1 aliphatic heterocycles. The zero-order valence-electron chi connectivity index (χ0n) is 15.3. The third kappa shape index (κ3) is 2.78. The standard InChI is InChI=1S/C24H20N2O2/c27-26(28)19-12-9-17(10-13-19)24-21-8-4-7-20(21)22-15-18(11-14-23(22)25-24)16-5-2-1-3-6-16/h1-7,9-15,20-21,24-25H,8H2/t20-,21+,24+/m0/s1. The Labute approximate surface area is 163 Å². The second kappa shape index (κ2) is 6.64. The van der Waals surface area contributed by atoms with Crippen molar-refractivity contribution in [1.82, 2.24) is 0 Å². The number of rotatable bonds is 3. The van der Waals surface area contributed by atoms with E-state index in [1.54, 1.807) is 12.1 Å². The number of nitrogens with zero attached hydrogens (tertiary/aromatic N) is 1. The van der Waals surface area contributed by atoms with Crippen LogP contribution in [-0.2, 0) is 0 Å². The van der Waals surface area contributed by atoms with Crippen LogP contribution in [0.4, 0.5) is 11.4 Å². The zero-order chi connectivity index (χ0) is 19.1. The first-order valence-corrected chi connectivity index (χ1v) is 9.57. The number of nitro groups is 1. The van der Waals surface area contributed by atoms with Crippen molar-refractivity contribution in [1.29, 1.82) is 0 Å². The molecule has 1 heterocycles. The average molecular weight is 368 g/mol. The summed E-state index contributed by atoms with van der Waals surface area (Å²) in [5.41, 5.74) is 6.17. The van der Waals surface area contributed by atoms with Gasteiger partial charge in [0.1, 0.15) is 0 Å². The first-order chi connectivity index (χ1) is 13.7. The molecule has 0 aromatic heterocycles. The van der Waals surface area contributed by atoms with Crippen LogP contribution in [0.25, 0.3) is 11.1 Å². The summed E-state index contributed by atoms with van der Waals surface area (Å²) in [4.78, 5) is 10.6. The molecule has 0 bridgehead atoms. The Hall–Kier alpha value is -3.40. The van der Waals surface area contributed by atoms with Gasteiger partial charge in [0.05, 0.1) is 11.0 Å². The van der Waals surface area contributed by atoms with Gasteiger partial charge in [-0.3, -0.25) is 10.1 Å². The Balaban J connectivity index is 1.52. The van der Waals surface area contributed by atoms with Crippen LogP contribution in [0.2, 0.25) is 0 Å². The van der Waals surface area contributed by atoms with Crippen molar-refractivity contribution in [3.63, 3.8) is 0 Å². The second-order valence-corrected chi connectivity index (χ2v) is 7.49. The average Bonchev–Trinajstić information content (AvgIpc) is 3.24. The van der Waals surface area contributed by atoms with Gasteiger partial charge in [0, 0.05) is 23.7 Å². The molecule has 28 heavy (non-hydrogen) atoms. The Bertz CT molecular complexity index is 1060. The summed E-state index contributed by atoms with van der Waals surface area (Å²) in [6.07, 6.45) is 5.59. The Morgan fingerprint density at radius 1 is 0.929 bits per heavy atom. The highest BCUT2D eigenvalue weighted by atomic mass is 16.6. The molecule has 5 rings (SSSR count). The molecule has 0 amide bonds. The molecule has 4 heteroatoms. The van der Waals surface area contributed by atoms with E-state index in [0.29, 0.717) is 11.8 Å². The lowest BCUT2D eigenvalue weighted by Crippen LogP contribution is -2.29. The number of hydrogen-bond donors (Lipinski definition) is 1. The summed E-state index contributed by atoms with van der Waals surface area (Å²) in [5, 5.41) is 14.7. The van der Waals surface area contributed by atoms with Crippen molar-refractivity contribution in [3.8, 4) is 11.1 Å². The van der Waals surface area contributed by atoms with Crippen LogP contribution in [-0.4, -0.2) is 4.92 Å². The topological polar surface area (TPSA) is 55.2 Å². The fourth-order valence-electron chi connectivity index (χ4n) is 4.54. The van der Waals surface area contributed by atoms with Crippen LogP contribution in [0.1, 0.15) is 29.5 Å². The molecule has 0 saturated carbocycles. The van der Waals surface area contributed by atoms with E-state index in [9.17, 15) is 10.1 Å². The molecule has 3 aromatic carbocycles. The molecule has 0 fully saturated rings. The minimum Gasteiger partial charge on any atom is -0.378 e. The molecular weight excluding hydrogens is 348 g/mol. The first-order valence-electron chi connectivity index (χ1n) is 9.57. The van der Waals surface area contributed by atoms with Gasteiger partial charge in [-0.25, -0.2) is 0 Å². The number of nitro benzene ring substituents is 1. The highest BCUT2D eigenvalue weighted by Crippen LogP contribution is 2.50. The number of anilines is 1. The molecule has 3 aromatic rings. The first kappa shape index (κ1) is 16.8. The van der Waals surface area contributed by atoms with Gasteiger partial charge in [0.25, 0.3) is 5.69 Å². The van der Waals surface area contributed by atoms with Gasteiger partial charge in [0.15, 0.2) is 0 Å². The van der Waals surface area contributed by atoms with Crippen molar-refractivity contribution in [2.75, 3.05) is 5.32 Å². The predicted octanol–water partition coefficient (Wildman–Crippen LogP) is 6.09. The largest absolute Gasteiger partial charge is 0.378 e. The minimum absolute atomic E-state index is 0.133. The maximum absolute atomic E-state index is 11.0. The third-order valence-electron chi connectivity index (χ3n) is 5.93. The van der Waals surface area contributed by atoms with Crippen LogP contribution < -0.4 is 5.32 Å². The van der Waals surface area contributed by atoms with E-state index in [-0.39, 0.29) is 16.7 Å². The number of allylic oxidation sites excluding steroid dienone is 2. The van der Waals surface area contributed by atoms with Gasteiger partial charge in [-0.05, 0) is 46.7 Å². The van der Waals surface area contributed by atoms with Gasteiger partial charge in [-0.2, -0.15) is 0 Å². The molecule has 0 radical (unpaired) electrons. The summed E-state index contributed by atoms with van der Waals surface area (Å²) in [6, 6.07) is 24.2. The van der Waals surface area contributed by atoms with Crippen molar-refractivity contribution >= 4 is 11.4 Å². The smallest absolute Gasteiger partial charge is 0.269 e. The summed E-state index contributed by atoms with van der Waals surface area (Å²) in [5.74, 6) is 0.778. The number of fused-ring (bicyclic) bond motifs is 3. The van der Waals surface area contributed by atoms with Gasteiger partial charge in [-0.15, -0.1) is 0 Å². The lowest BCUT2D eigenvalue weighted by atomic mass is 9.76. The summed E-state index contributed by atoms with van der Waals surface area (Å²) in [6.45, 7) is 0. The maximum Gasteiger partial charge on any atom is 0.269 e. The number of non-ortho nitro benzene ring substituents is 1. The molecule has 2 aliphatic rings. The fourth-order valence-corrected chi connectivity index (χ4v) is 4.54. The molecule has 0 spiro atoms. The van der Waals surface area contributed by atoms with Crippen LogP contribution >= 0.6 is 0 Å². The van der Waals surface area contributed by atoms with E-state index >= 15 is 0 Å². The van der Waals surface area contributed by atoms with Gasteiger partial charge in [0.2, 0.25) is 0 Å². The summed E-state index contributed by atoms with van der Waals surface area (Å²) >= 11 is 0. The van der Waals surface area contributed by atoms with Gasteiger partial charge >= 0.3 is 0 Å². The normalized spacial score (nSPS) is 22.2. The third-order valence-corrected chi connectivity index (χ3v) is 5.93. The van der Waals surface area contributed by atoms with E-state index in [4.69, 9.17) is 0 Å². The highest BCUT2D eigenvalue weighted by Gasteiger charge is 2.38. The Kier molecular flexibility index (Phi) is 3.97. The maximum atomic E-state index is 11.0. The van der Waals surface area contributed by atoms with E-state index < -0.39 is 0 Å². The van der Waals surface area contributed by atoms with E-state index in [1.165, 1.54) is 16.7 Å². The van der Waals surface area contributed by atoms with Crippen LogP contribution in [0.5, 0.6) is 0 Å². The van der Waals surface area contributed by atoms with E-state index in [1.807, 2.05) is 18.2 Å². The van der Waals surface area contributed by atoms with E-state index in [2.05, 4.69) is 59.9 Å². The number of nitrogens with one attached hydrogen (secondary N) is 1. The van der Waals surface area contributed by atoms with Crippen LogP contribution in [0.15, 0.2) is 84.9 Å². The quantitative estimate of drug-likeness (QED) is 0.346. The van der Waals surface area contributed by atoms with Crippen molar-refractivity contribution in [3.05, 3.63) is 106 Å². The molecule has 0 saturated heterocycles. The van der Waals surface area contributed by atoms with Gasteiger partial charge in [-0.1, -0.05) is 60.7 Å². The lowest BCUT2D eigenvalue weighted by molar-refractivity contribution is -0.384. The molecule has 1 N–H and O–H groups in total. The zero-order valence-corrected chi connectivity index (χ0v) is 15.3. The van der Waals surface area contributed by atoms with Crippen molar-refractivity contribution in [2.45, 2.75) is 18.4 Å². The SMILES string of the molecule is O=[N+]([O-])c1ccc([C@H]2Nc3ccc(-c4ccccc4)cc3[C@H]3C=CC[C@H]32)cc1. The second-order valence-electron chi connectivity index (χ2n) is 7.49. The lowest BCUT2D eigenvalue weighted by Gasteiger charge is -2.37. The van der Waals surface area contributed by atoms with E-state index in [0.717, 1.165) is 17.7 Å². The van der Waals surface area contributed by atoms with Crippen molar-refractivity contribution in [2.24, 2.45) is 5.92 Å². The minimum atomic E-state index is -0.349.